The van der Waals surface area contributed by atoms with Crippen molar-refractivity contribution in [2.24, 2.45) is 10.5 Å². The highest BCUT2D eigenvalue weighted by Gasteiger charge is 2.34. The molecule has 1 aliphatic carbocycles. The smallest absolute Gasteiger partial charge is 0.168 e. The van der Waals surface area contributed by atoms with Crippen molar-refractivity contribution in [2.45, 2.75) is 33.6 Å². The van der Waals surface area contributed by atoms with Gasteiger partial charge in [-0.2, -0.15) is 5.10 Å². The van der Waals surface area contributed by atoms with Crippen LogP contribution < -0.4 is 5.43 Å². The molecule has 4 nitrogen and oxygen atoms in total. The summed E-state index contributed by atoms with van der Waals surface area (Å²) in [6, 6.07) is 7.08. The number of anilines is 1. The zero-order chi connectivity index (χ0) is 15.6. The van der Waals surface area contributed by atoms with Crippen molar-refractivity contribution in [2.75, 3.05) is 5.43 Å². The molecule has 0 radical (unpaired) electrons. The van der Waals surface area contributed by atoms with Crippen molar-refractivity contribution >= 4 is 28.8 Å². The van der Waals surface area contributed by atoms with Crippen LogP contribution in [0.3, 0.4) is 0 Å². The second kappa shape index (κ2) is 5.90. The molecule has 1 aromatic rings. The summed E-state index contributed by atoms with van der Waals surface area (Å²) in [5.74, 6) is 0.0540. The van der Waals surface area contributed by atoms with Crippen LogP contribution in [0, 0.1) is 5.41 Å². The van der Waals surface area contributed by atoms with E-state index < -0.39 is 0 Å². The molecule has 5 heteroatoms. The molecule has 0 saturated carbocycles. The Morgan fingerprint density at radius 2 is 1.90 bits per heavy atom. The summed E-state index contributed by atoms with van der Waals surface area (Å²) in [6.07, 6.45) is 0.905. The SMILES string of the molecule is C/C(=N\Nc1ccc(Cl)cc1)C1=C(O)CC(C)(C)CC1=O. The Bertz CT molecular complexity index is 616. The quantitative estimate of drug-likeness (QED) is 0.645. The highest BCUT2D eigenvalue weighted by atomic mass is 35.5. The third kappa shape index (κ3) is 3.85. The Morgan fingerprint density at radius 3 is 2.48 bits per heavy atom. The van der Waals surface area contributed by atoms with Gasteiger partial charge in [0.2, 0.25) is 0 Å². The van der Waals surface area contributed by atoms with Crippen molar-refractivity contribution < 1.29 is 9.90 Å². The minimum absolute atomic E-state index is 0.0668. The molecule has 0 aromatic heterocycles. The standard InChI is InChI=1S/C16H19ClN2O2/c1-10(18-19-12-6-4-11(17)5-7-12)15-13(20)8-16(2,3)9-14(15)21/h4-7,19-20H,8-9H2,1-3H3/b18-10+. The Balaban J connectivity index is 2.19. The zero-order valence-electron chi connectivity index (χ0n) is 12.4. The average Bonchev–Trinajstić information content (AvgIpc) is 2.35. The third-order valence-corrected chi connectivity index (χ3v) is 3.66. The summed E-state index contributed by atoms with van der Waals surface area (Å²) in [4.78, 5) is 12.2. The molecule has 0 aliphatic heterocycles. The van der Waals surface area contributed by atoms with Gasteiger partial charge in [-0.3, -0.25) is 10.2 Å². The highest BCUT2D eigenvalue weighted by molar-refractivity contribution is 6.30. The molecule has 0 amide bonds. The molecule has 21 heavy (non-hydrogen) atoms. The fourth-order valence-corrected chi connectivity index (χ4v) is 2.55. The first-order valence-electron chi connectivity index (χ1n) is 6.80. The number of rotatable bonds is 3. The number of carbonyl (C=O) groups is 1. The number of hydrazone groups is 1. The predicted molar refractivity (Wildman–Crippen MR) is 85.9 cm³/mol. The van der Waals surface area contributed by atoms with Crippen LogP contribution in [0.2, 0.25) is 5.02 Å². The van der Waals surface area contributed by atoms with E-state index in [4.69, 9.17) is 11.6 Å². The molecule has 0 fully saturated rings. The number of aliphatic hydroxyl groups excluding tert-OH is 1. The van der Waals surface area contributed by atoms with Crippen LogP contribution in [0.4, 0.5) is 5.69 Å². The lowest BCUT2D eigenvalue weighted by Gasteiger charge is -2.29. The van der Waals surface area contributed by atoms with Gasteiger partial charge in [-0.05, 0) is 36.6 Å². The number of carbonyl (C=O) groups excluding carboxylic acids is 1. The van der Waals surface area contributed by atoms with Crippen molar-refractivity contribution in [3.63, 3.8) is 0 Å². The van der Waals surface area contributed by atoms with Gasteiger partial charge >= 0.3 is 0 Å². The maximum Gasteiger partial charge on any atom is 0.168 e. The Morgan fingerprint density at radius 1 is 1.29 bits per heavy atom. The number of Topliss-reactive ketones (excluding diaryl/α,β-unsaturated/α-hetero) is 1. The minimum Gasteiger partial charge on any atom is -0.511 e. The summed E-state index contributed by atoms with van der Waals surface area (Å²) < 4.78 is 0. The number of halogens is 1. The number of nitrogens with one attached hydrogen (secondary N) is 1. The monoisotopic (exact) mass is 306 g/mol. The van der Waals surface area contributed by atoms with Crippen LogP contribution in [0.15, 0.2) is 40.7 Å². The van der Waals surface area contributed by atoms with Gasteiger partial charge in [0.05, 0.1) is 17.0 Å². The van der Waals surface area contributed by atoms with Crippen molar-refractivity contribution in [1.82, 2.24) is 0 Å². The number of hydrogen-bond acceptors (Lipinski definition) is 4. The Kier molecular flexibility index (Phi) is 4.37. The van der Waals surface area contributed by atoms with Crippen LogP contribution >= 0.6 is 11.6 Å². The molecular weight excluding hydrogens is 288 g/mol. The van der Waals surface area contributed by atoms with Gasteiger partial charge in [-0.15, -0.1) is 0 Å². The lowest BCUT2D eigenvalue weighted by atomic mass is 9.76. The highest BCUT2D eigenvalue weighted by Crippen LogP contribution is 2.36. The maximum absolute atomic E-state index is 12.2. The average molecular weight is 307 g/mol. The van der Waals surface area contributed by atoms with Crippen LogP contribution in [-0.2, 0) is 4.79 Å². The summed E-state index contributed by atoms with van der Waals surface area (Å²) in [5.41, 5.74) is 4.25. The fourth-order valence-electron chi connectivity index (χ4n) is 2.43. The minimum atomic E-state index is -0.200. The molecule has 1 aromatic carbocycles. The topological polar surface area (TPSA) is 61.7 Å². The Hall–Kier alpha value is -1.81. The first-order valence-corrected chi connectivity index (χ1v) is 7.18. The molecular formula is C16H19ClN2O2. The second-order valence-corrected chi connectivity index (χ2v) is 6.51. The maximum atomic E-state index is 12.2. The summed E-state index contributed by atoms with van der Waals surface area (Å²) in [5, 5.41) is 14.9. The number of hydrogen-bond donors (Lipinski definition) is 2. The molecule has 2 N–H and O–H groups in total. The molecule has 0 bridgehead atoms. The van der Waals surface area contributed by atoms with Gasteiger partial charge in [0, 0.05) is 17.9 Å². The van der Waals surface area contributed by atoms with E-state index in [0.29, 0.717) is 29.1 Å². The Labute approximate surface area is 129 Å². The number of benzene rings is 1. The van der Waals surface area contributed by atoms with E-state index in [0.717, 1.165) is 5.69 Å². The van der Waals surface area contributed by atoms with E-state index >= 15 is 0 Å². The van der Waals surface area contributed by atoms with Crippen LogP contribution in [0.25, 0.3) is 0 Å². The summed E-state index contributed by atoms with van der Waals surface area (Å²) in [6.45, 7) is 5.65. The van der Waals surface area contributed by atoms with Crippen LogP contribution in [0.1, 0.15) is 33.6 Å². The number of aliphatic hydroxyl groups is 1. The third-order valence-electron chi connectivity index (χ3n) is 3.41. The van der Waals surface area contributed by atoms with Gasteiger partial charge in [0.1, 0.15) is 5.76 Å². The lowest BCUT2D eigenvalue weighted by molar-refractivity contribution is -0.117. The molecule has 0 spiro atoms. The normalized spacial score (nSPS) is 18.9. The summed E-state index contributed by atoms with van der Waals surface area (Å²) >= 11 is 5.81. The van der Waals surface area contributed by atoms with Gasteiger partial charge < -0.3 is 5.11 Å². The van der Waals surface area contributed by atoms with Gasteiger partial charge in [0.15, 0.2) is 5.78 Å². The predicted octanol–water partition coefficient (Wildman–Crippen LogP) is 4.33. The molecule has 0 atom stereocenters. The first kappa shape index (κ1) is 15.6. The number of ketones is 1. The molecule has 2 rings (SSSR count). The molecule has 1 aliphatic rings. The van der Waals surface area contributed by atoms with E-state index in [1.54, 1.807) is 31.2 Å². The first-order chi connectivity index (χ1) is 9.78. The zero-order valence-corrected chi connectivity index (χ0v) is 13.2. The van der Waals surface area contributed by atoms with Gasteiger partial charge in [-0.1, -0.05) is 25.4 Å². The van der Waals surface area contributed by atoms with E-state index in [9.17, 15) is 9.90 Å². The lowest BCUT2D eigenvalue weighted by Crippen LogP contribution is -2.28. The van der Waals surface area contributed by atoms with E-state index in [1.807, 2.05) is 13.8 Å². The van der Waals surface area contributed by atoms with E-state index in [1.165, 1.54) is 0 Å². The number of nitrogens with zero attached hydrogens (tertiary/aromatic N) is 1. The van der Waals surface area contributed by atoms with Gasteiger partial charge in [0.25, 0.3) is 0 Å². The van der Waals surface area contributed by atoms with E-state index in [2.05, 4.69) is 10.5 Å². The van der Waals surface area contributed by atoms with Crippen molar-refractivity contribution in [1.29, 1.82) is 0 Å². The van der Waals surface area contributed by atoms with E-state index in [-0.39, 0.29) is 17.0 Å². The second-order valence-electron chi connectivity index (χ2n) is 6.08. The van der Waals surface area contributed by atoms with Crippen LogP contribution in [-0.4, -0.2) is 16.6 Å². The fraction of sp³-hybridized carbons (Fsp3) is 0.375. The largest absolute Gasteiger partial charge is 0.511 e. The van der Waals surface area contributed by atoms with Crippen molar-refractivity contribution in [3.05, 3.63) is 40.6 Å². The van der Waals surface area contributed by atoms with Crippen LogP contribution in [0.5, 0.6) is 0 Å². The molecule has 112 valence electrons. The molecule has 0 saturated heterocycles. The van der Waals surface area contributed by atoms with Gasteiger partial charge in [-0.25, -0.2) is 0 Å². The molecule has 0 unspecified atom stereocenters. The summed E-state index contributed by atoms with van der Waals surface area (Å²) in [7, 11) is 0. The number of allylic oxidation sites excluding steroid dienone is 2. The molecule has 0 heterocycles. The van der Waals surface area contributed by atoms with Crippen molar-refractivity contribution in [3.8, 4) is 0 Å².